The van der Waals surface area contributed by atoms with Gasteiger partial charge in [-0.3, -0.25) is 0 Å². The third-order valence-corrected chi connectivity index (χ3v) is 1.62. The largest absolute Gasteiger partial charge is 0.477 e. The standard InChI is InChI=1S/C9H14O4.2Na/c1-2-3-4-5-6-7(8(10)11)9(12)13;;/h6H,2-5H2,1H3,(H,10,11)(H,12,13);;. The fourth-order valence-electron chi connectivity index (χ4n) is 0.907. The van der Waals surface area contributed by atoms with Crippen molar-refractivity contribution in [3.63, 3.8) is 0 Å². The van der Waals surface area contributed by atoms with Crippen molar-refractivity contribution in [3.8, 4) is 0 Å². The van der Waals surface area contributed by atoms with Gasteiger partial charge >= 0.3 is 11.9 Å². The molecule has 0 aromatic carbocycles. The molecule has 0 unspecified atom stereocenters. The average molecular weight is 232 g/mol. The second kappa shape index (κ2) is 12.7. The van der Waals surface area contributed by atoms with Gasteiger partial charge in [0.05, 0.1) is 0 Å². The molecule has 0 saturated heterocycles. The minimum Gasteiger partial charge on any atom is -0.477 e. The second-order valence-corrected chi connectivity index (χ2v) is 2.72. The number of hydrogen-bond donors (Lipinski definition) is 2. The summed E-state index contributed by atoms with van der Waals surface area (Å²) < 4.78 is 0. The van der Waals surface area contributed by atoms with Crippen molar-refractivity contribution >= 4 is 71.1 Å². The summed E-state index contributed by atoms with van der Waals surface area (Å²) in [5, 5.41) is 16.9. The monoisotopic (exact) mass is 232 g/mol. The van der Waals surface area contributed by atoms with Crippen molar-refractivity contribution < 1.29 is 19.8 Å². The van der Waals surface area contributed by atoms with Crippen molar-refractivity contribution in [2.75, 3.05) is 0 Å². The van der Waals surface area contributed by atoms with E-state index in [0.29, 0.717) is 6.42 Å². The average Bonchev–Trinajstić information content (AvgIpc) is 2.02. The van der Waals surface area contributed by atoms with Crippen molar-refractivity contribution in [2.45, 2.75) is 32.6 Å². The van der Waals surface area contributed by atoms with E-state index < -0.39 is 17.5 Å². The number of unbranched alkanes of at least 4 members (excludes halogenated alkanes) is 3. The van der Waals surface area contributed by atoms with Gasteiger partial charge in [0.1, 0.15) is 5.57 Å². The first kappa shape index (κ1) is 21.0. The van der Waals surface area contributed by atoms with Crippen LogP contribution in [0, 0.1) is 0 Å². The minimum absolute atomic E-state index is 0. The third kappa shape index (κ3) is 11.0. The van der Waals surface area contributed by atoms with Gasteiger partial charge in [-0.05, 0) is 12.8 Å². The zero-order valence-electron chi connectivity index (χ0n) is 9.62. The van der Waals surface area contributed by atoms with E-state index in [4.69, 9.17) is 10.2 Å². The van der Waals surface area contributed by atoms with Gasteiger partial charge < -0.3 is 10.2 Å². The summed E-state index contributed by atoms with van der Waals surface area (Å²) in [5.41, 5.74) is -0.531. The summed E-state index contributed by atoms with van der Waals surface area (Å²) in [6, 6.07) is 0. The Balaban J connectivity index is -0.000000720. The molecule has 0 aromatic rings. The smallest absolute Gasteiger partial charge is 0.342 e. The van der Waals surface area contributed by atoms with E-state index in [2.05, 4.69) is 0 Å². The van der Waals surface area contributed by atoms with E-state index in [1.807, 2.05) is 6.92 Å². The number of rotatable bonds is 6. The Bertz CT molecular complexity index is 210. The first-order chi connectivity index (χ1) is 6.09. The summed E-state index contributed by atoms with van der Waals surface area (Å²) in [5.74, 6) is -2.74. The molecule has 0 aliphatic rings. The van der Waals surface area contributed by atoms with Crippen LogP contribution in [0.5, 0.6) is 0 Å². The van der Waals surface area contributed by atoms with E-state index in [1.54, 1.807) is 0 Å². The van der Waals surface area contributed by atoms with Crippen LogP contribution < -0.4 is 0 Å². The summed E-state index contributed by atoms with van der Waals surface area (Å²) in [4.78, 5) is 20.7. The van der Waals surface area contributed by atoms with Crippen molar-refractivity contribution in [1.82, 2.24) is 0 Å². The molecular weight excluding hydrogens is 218 g/mol. The maximum Gasteiger partial charge on any atom is 0.342 e. The maximum absolute atomic E-state index is 10.4. The minimum atomic E-state index is -1.37. The van der Waals surface area contributed by atoms with Crippen LogP contribution in [0.15, 0.2) is 11.6 Å². The van der Waals surface area contributed by atoms with E-state index >= 15 is 0 Å². The molecule has 0 fully saturated rings. The van der Waals surface area contributed by atoms with E-state index in [-0.39, 0.29) is 59.1 Å². The molecular formula is C9H14Na2O4. The summed E-state index contributed by atoms with van der Waals surface area (Å²) >= 11 is 0. The molecule has 0 spiro atoms. The molecule has 76 valence electrons. The normalized spacial score (nSPS) is 8.07. The van der Waals surface area contributed by atoms with Crippen molar-refractivity contribution in [2.24, 2.45) is 0 Å². The molecule has 4 nitrogen and oxygen atoms in total. The van der Waals surface area contributed by atoms with Crippen LogP contribution in [-0.2, 0) is 9.59 Å². The topological polar surface area (TPSA) is 74.6 Å². The third-order valence-electron chi connectivity index (χ3n) is 1.62. The number of carbonyl (C=O) groups is 2. The fraction of sp³-hybridized carbons (Fsp3) is 0.556. The summed E-state index contributed by atoms with van der Waals surface area (Å²) in [6.07, 6.45) is 4.63. The molecule has 15 heavy (non-hydrogen) atoms. The Hall–Kier alpha value is 0.680. The Morgan fingerprint density at radius 1 is 1.07 bits per heavy atom. The Morgan fingerprint density at radius 3 is 1.87 bits per heavy atom. The predicted octanol–water partition coefficient (Wildman–Crippen LogP) is 0.901. The Labute approximate surface area is 134 Å². The molecule has 2 N–H and O–H groups in total. The first-order valence-electron chi connectivity index (χ1n) is 4.26. The van der Waals surface area contributed by atoms with Gasteiger partial charge in [-0.2, -0.15) is 0 Å². The van der Waals surface area contributed by atoms with Crippen molar-refractivity contribution in [1.29, 1.82) is 0 Å². The van der Waals surface area contributed by atoms with Crippen LogP contribution >= 0.6 is 0 Å². The molecule has 0 atom stereocenters. The molecule has 2 radical (unpaired) electrons. The summed E-state index contributed by atoms with van der Waals surface area (Å²) in [6.45, 7) is 2.03. The van der Waals surface area contributed by atoms with Gasteiger partial charge in [-0.25, -0.2) is 9.59 Å². The Morgan fingerprint density at radius 2 is 1.53 bits per heavy atom. The zero-order valence-corrected chi connectivity index (χ0v) is 13.6. The molecule has 0 saturated carbocycles. The van der Waals surface area contributed by atoms with Crippen LogP contribution in [-0.4, -0.2) is 81.3 Å². The van der Waals surface area contributed by atoms with E-state index in [1.165, 1.54) is 6.08 Å². The van der Waals surface area contributed by atoms with Crippen LogP contribution in [0.25, 0.3) is 0 Å². The molecule has 0 rings (SSSR count). The van der Waals surface area contributed by atoms with Gasteiger partial charge in [-0.15, -0.1) is 0 Å². The van der Waals surface area contributed by atoms with Gasteiger partial charge in [0.25, 0.3) is 0 Å². The molecule has 0 aliphatic heterocycles. The van der Waals surface area contributed by atoms with Crippen LogP contribution in [0.1, 0.15) is 32.6 Å². The molecule has 0 aliphatic carbocycles. The molecule has 0 heterocycles. The van der Waals surface area contributed by atoms with Crippen LogP contribution in [0.4, 0.5) is 0 Å². The quantitative estimate of drug-likeness (QED) is 0.234. The fourth-order valence-corrected chi connectivity index (χ4v) is 0.907. The van der Waals surface area contributed by atoms with Crippen molar-refractivity contribution in [3.05, 3.63) is 11.6 Å². The van der Waals surface area contributed by atoms with Crippen LogP contribution in [0.2, 0.25) is 0 Å². The van der Waals surface area contributed by atoms with Gasteiger partial charge in [0.15, 0.2) is 0 Å². The predicted molar refractivity (Wildman–Crippen MR) is 59.0 cm³/mol. The maximum atomic E-state index is 10.4. The molecule has 0 amide bonds. The SMILES string of the molecule is CCCCCC=C(C(=O)O)C(=O)O.[Na].[Na]. The molecule has 0 bridgehead atoms. The number of allylic oxidation sites excluding steroid dienone is 1. The van der Waals surface area contributed by atoms with E-state index in [0.717, 1.165) is 19.3 Å². The number of hydrogen-bond acceptors (Lipinski definition) is 2. The van der Waals surface area contributed by atoms with Gasteiger partial charge in [0, 0.05) is 59.1 Å². The van der Waals surface area contributed by atoms with Crippen LogP contribution in [0.3, 0.4) is 0 Å². The molecule has 0 aromatic heterocycles. The number of carboxylic acids is 2. The van der Waals surface area contributed by atoms with Gasteiger partial charge in [0.2, 0.25) is 0 Å². The molecule has 6 heteroatoms. The number of aliphatic carboxylic acids is 2. The first-order valence-corrected chi connectivity index (χ1v) is 4.26. The zero-order chi connectivity index (χ0) is 10.3. The van der Waals surface area contributed by atoms with Gasteiger partial charge in [-0.1, -0.05) is 25.8 Å². The number of carboxylic acid groups (broad SMARTS) is 2. The summed E-state index contributed by atoms with van der Waals surface area (Å²) in [7, 11) is 0. The second-order valence-electron chi connectivity index (χ2n) is 2.72. The Kier molecular flexibility index (Phi) is 17.9. The van der Waals surface area contributed by atoms with E-state index in [9.17, 15) is 9.59 Å².